The standard InChI is InChI=1S/C23H17ClN2O3/c24-16-10-11-20-18(14-16)21(27)12-13-26(20)15-23(28)25-19-8-4-5-9-22(19)29-17-6-2-1-3-7-17/h1-14H,15H2,(H,25,28). The molecule has 0 saturated carbocycles. The summed E-state index contributed by atoms with van der Waals surface area (Å²) in [6.07, 6.45) is 1.60. The topological polar surface area (TPSA) is 60.3 Å². The lowest BCUT2D eigenvalue weighted by atomic mass is 10.2. The number of carbonyl (C=O) groups is 1. The third-order valence-corrected chi connectivity index (χ3v) is 4.62. The Balaban J connectivity index is 1.56. The molecular weight excluding hydrogens is 388 g/mol. The van der Waals surface area contributed by atoms with Gasteiger partial charge in [0.2, 0.25) is 5.91 Å². The first-order valence-electron chi connectivity index (χ1n) is 9.01. The van der Waals surface area contributed by atoms with Gasteiger partial charge < -0.3 is 14.6 Å². The number of para-hydroxylation sites is 3. The van der Waals surface area contributed by atoms with Crippen molar-refractivity contribution in [1.82, 2.24) is 4.57 Å². The molecule has 4 rings (SSSR count). The molecule has 0 aliphatic carbocycles. The Bertz CT molecular complexity index is 1240. The van der Waals surface area contributed by atoms with E-state index in [4.69, 9.17) is 16.3 Å². The highest BCUT2D eigenvalue weighted by atomic mass is 35.5. The SMILES string of the molecule is O=C(Cn1ccc(=O)c2cc(Cl)ccc21)Nc1ccccc1Oc1ccccc1. The molecule has 0 saturated heterocycles. The first kappa shape index (κ1) is 18.8. The van der Waals surface area contributed by atoms with Crippen molar-refractivity contribution >= 4 is 34.1 Å². The fourth-order valence-corrected chi connectivity index (χ4v) is 3.21. The number of ether oxygens (including phenoxy) is 1. The molecule has 3 aromatic carbocycles. The smallest absolute Gasteiger partial charge is 0.244 e. The second kappa shape index (κ2) is 8.20. The van der Waals surface area contributed by atoms with E-state index < -0.39 is 0 Å². The molecular formula is C23H17ClN2O3. The van der Waals surface area contributed by atoms with Crippen LogP contribution in [0.15, 0.2) is 89.9 Å². The summed E-state index contributed by atoms with van der Waals surface area (Å²) < 4.78 is 7.59. The minimum absolute atomic E-state index is 0.0398. The summed E-state index contributed by atoms with van der Waals surface area (Å²) >= 11 is 6.00. The monoisotopic (exact) mass is 404 g/mol. The summed E-state index contributed by atoms with van der Waals surface area (Å²) in [6, 6.07) is 23.0. The Morgan fingerprint density at radius 1 is 0.966 bits per heavy atom. The van der Waals surface area contributed by atoms with Crippen LogP contribution >= 0.6 is 11.6 Å². The molecule has 0 radical (unpaired) electrons. The van der Waals surface area contributed by atoms with Gasteiger partial charge in [-0.25, -0.2) is 0 Å². The molecule has 0 unspecified atom stereocenters. The summed E-state index contributed by atoms with van der Waals surface area (Å²) in [5, 5.41) is 3.83. The summed E-state index contributed by atoms with van der Waals surface area (Å²) in [7, 11) is 0. The zero-order chi connectivity index (χ0) is 20.2. The Hall–Kier alpha value is -3.57. The molecule has 29 heavy (non-hydrogen) atoms. The number of halogens is 1. The van der Waals surface area contributed by atoms with Gasteiger partial charge in [-0.3, -0.25) is 9.59 Å². The van der Waals surface area contributed by atoms with Crippen molar-refractivity contribution in [2.75, 3.05) is 5.32 Å². The molecule has 0 spiro atoms. The van der Waals surface area contributed by atoms with Gasteiger partial charge in [0.05, 0.1) is 11.2 Å². The van der Waals surface area contributed by atoms with E-state index in [2.05, 4.69) is 5.32 Å². The van der Waals surface area contributed by atoms with Gasteiger partial charge in [0.25, 0.3) is 0 Å². The zero-order valence-corrected chi connectivity index (χ0v) is 16.1. The average Bonchev–Trinajstić information content (AvgIpc) is 2.72. The van der Waals surface area contributed by atoms with E-state index in [-0.39, 0.29) is 17.9 Å². The van der Waals surface area contributed by atoms with Crippen molar-refractivity contribution in [3.05, 3.63) is 100 Å². The molecule has 1 N–H and O–H groups in total. The number of benzene rings is 3. The predicted octanol–water partition coefficient (Wildman–Crippen LogP) is 5.09. The molecule has 1 heterocycles. The van der Waals surface area contributed by atoms with E-state index in [1.54, 1.807) is 41.1 Å². The molecule has 144 valence electrons. The summed E-state index contributed by atoms with van der Waals surface area (Å²) in [4.78, 5) is 24.8. The Labute approximate surface area is 172 Å². The predicted molar refractivity (Wildman–Crippen MR) is 115 cm³/mol. The number of fused-ring (bicyclic) bond motifs is 1. The van der Waals surface area contributed by atoms with Crippen LogP contribution in [0.25, 0.3) is 10.9 Å². The van der Waals surface area contributed by atoms with Gasteiger partial charge in [0, 0.05) is 22.7 Å². The molecule has 6 heteroatoms. The van der Waals surface area contributed by atoms with Gasteiger partial charge >= 0.3 is 0 Å². The van der Waals surface area contributed by atoms with E-state index in [9.17, 15) is 9.59 Å². The largest absolute Gasteiger partial charge is 0.455 e. The third kappa shape index (κ3) is 4.31. The normalized spacial score (nSPS) is 10.7. The average molecular weight is 405 g/mol. The van der Waals surface area contributed by atoms with Crippen LogP contribution in [0.2, 0.25) is 5.02 Å². The fourth-order valence-electron chi connectivity index (χ4n) is 3.04. The molecule has 0 atom stereocenters. The quantitative estimate of drug-likeness (QED) is 0.504. The number of hydrogen-bond donors (Lipinski definition) is 1. The third-order valence-electron chi connectivity index (χ3n) is 4.39. The van der Waals surface area contributed by atoms with Crippen molar-refractivity contribution in [2.45, 2.75) is 6.54 Å². The second-order valence-electron chi connectivity index (χ2n) is 6.43. The maximum Gasteiger partial charge on any atom is 0.244 e. The van der Waals surface area contributed by atoms with Crippen LogP contribution in [0.4, 0.5) is 5.69 Å². The van der Waals surface area contributed by atoms with Crippen molar-refractivity contribution in [1.29, 1.82) is 0 Å². The summed E-state index contributed by atoms with van der Waals surface area (Å²) in [5.74, 6) is 0.982. The van der Waals surface area contributed by atoms with Crippen LogP contribution < -0.4 is 15.5 Å². The minimum atomic E-state index is -0.242. The maximum absolute atomic E-state index is 12.7. The Morgan fingerprint density at radius 3 is 2.55 bits per heavy atom. The fraction of sp³-hybridized carbons (Fsp3) is 0.0435. The maximum atomic E-state index is 12.7. The molecule has 0 aliphatic rings. The second-order valence-corrected chi connectivity index (χ2v) is 6.87. The highest BCUT2D eigenvalue weighted by molar-refractivity contribution is 6.31. The van der Waals surface area contributed by atoms with Crippen LogP contribution in [0.3, 0.4) is 0 Å². The van der Waals surface area contributed by atoms with Gasteiger partial charge in [-0.15, -0.1) is 0 Å². The van der Waals surface area contributed by atoms with Gasteiger partial charge in [-0.2, -0.15) is 0 Å². The van der Waals surface area contributed by atoms with Crippen molar-refractivity contribution in [2.24, 2.45) is 0 Å². The molecule has 1 amide bonds. The number of hydrogen-bond acceptors (Lipinski definition) is 3. The lowest BCUT2D eigenvalue weighted by Gasteiger charge is -2.14. The Kier molecular flexibility index (Phi) is 5.31. The van der Waals surface area contributed by atoms with Crippen LogP contribution in [-0.2, 0) is 11.3 Å². The van der Waals surface area contributed by atoms with E-state index >= 15 is 0 Å². The number of rotatable bonds is 5. The summed E-state index contributed by atoms with van der Waals surface area (Å²) in [5.41, 5.74) is 1.07. The number of nitrogens with one attached hydrogen (secondary N) is 1. The molecule has 0 bridgehead atoms. The lowest BCUT2D eigenvalue weighted by Crippen LogP contribution is -2.20. The van der Waals surface area contributed by atoms with Gasteiger partial charge in [-0.05, 0) is 42.5 Å². The summed E-state index contributed by atoms with van der Waals surface area (Å²) in [6.45, 7) is 0.0398. The van der Waals surface area contributed by atoms with Crippen LogP contribution in [0.5, 0.6) is 11.5 Å². The number of carbonyl (C=O) groups excluding carboxylic acids is 1. The minimum Gasteiger partial charge on any atom is -0.455 e. The highest BCUT2D eigenvalue weighted by Gasteiger charge is 2.11. The molecule has 0 aliphatic heterocycles. The first-order chi connectivity index (χ1) is 14.1. The van der Waals surface area contributed by atoms with Crippen LogP contribution in [-0.4, -0.2) is 10.5 Å². The zero-order valence-electron chi connectivity index (χ0n) is 15.3. The molecule has 1 aromatic heterocycles. The number of anilines is 1. The van der Waals surface area contributed by atoms with Gasteiger partial charge in [0.15, 0.2) is 11.2 Å². The number of pyridine rings is 1. The lowest BCUT2D eigenvalue weighted by molar-refractivity contribution is -0.116. The highest BCUT2D eigenvalue weighted by Crippen LogP contribution is 2.29. The molecule has 4 aromatic rings. The van der Waals surface area contributed by atoms with E-state index in [0.717, 1.165) is 0 Å². The van der Waals surface area contributed by atoms with E-state index in [1.165, 1.54) is 6.07 Å². The van der Waals surface area contributed by atoms with Crippen LogP contribution in [0.1, 0.15) is 0 Å². The Morgan fingerprint density at radius 2 is 1.72 bits per heavy atom. The number of amides is 1. The van der Waals surface area contributed by atoms with Gasteiger partial charge in [-0.1, -0.05) is 41.9 Å². The van der Waals surface area contributed by atoms with Crippen molar-refractivity contribution in [3.8, 4) is 11.5 Å². The molecule has 5 nitrogen and oxygen atoms in total. The number of aromatic nitrogens is 1. The van der Waals surface area contributed by atoms with Crippen molar-refractivity contribution in [3.63, 3.8) is 0 Å². The van der Waals surface area contributed by atoms with Gasteiger partial charge in [0.1, 0.15) is 12.3 Å². The van der Waals surface area contributed by atoms with E-state index in [1.807, 2.05) is 42.5 Å². The van der Waals surface area contributed by atoms with Crippen molar-refractivity contribution < 1.29 is 9.53 Å². The van der Waals surface area contributed by atoms with Crippen LogP contribution in [0, 0.1) is 0 Å². The number of nitrogens with zero attached hydrogens (tertiary/aromatic N) is 1. The van der Waals surface area contributed by atoms with E-state index in [0.29, 0.717) is 33.1 Å². The molecule has 0 fully saturated rings. The first-order valence-corrected chi connectivity index (χ1v) is 9.38.